The summed E-state index contributed by atoms with van der Waals surface area (Å²) in [6.07, 6.45) is 1.56. The molecule has 0 spiro atoms. The van der Waals surface area contributed by atoms with E-state index in [1.165, 1.54) is 17.5 Å². The zero-order valence-corrected chi connectivity index (χ0v) is 11.4. The van der Waals surface area contributed by atoms with Crippen molar-refractivity contribution in [2.24, 2.45) is 0 Å². The average Bonchev–Trinajstić information content (AvgIpc) is 2.61. The first-order valence-electron chi connectivity index (χ1n) is 4.99. The van der Waals surface area contributed by atoms with Crippen molar-refractivity contribution in [2.75, 3.05) is 11.1 Å². The van der Waals surface area contributed by atoms with Crippen LogP contribution in [-0.4, -0.2) is 25.1 Å². The van der Waals surface area contributed by atoms with Crippen molar-refractivity contribution in [3.8, 4) is 0 Å². The van der Waals surface area contributed by atoms with Crippen LogP contribution >= 0.6 is 15.9 Å². The number of nitro benzene ring substituents is 1. The molecule has 1 aliphatic rings. The zero-order chi connectivity index (χ0) is 13.3. The quantitative estimate of drug-likeness (QED) is 0.676. The number of nitrogens with zero attached hydrogens (tertiary/aromatic N) is 1. The van der Waals surface area contributed by atoms with E-state index in [2.05, 4.69) is 21.2 Å². The van der Waals surface area contributed by atoms with Crippen LogP contribution in [0, 0.1) is 10.1 Å². The van der Waals surface area contributed by atoms with Gasteiger partial charge in [-0.1, -0.05) is 6.08 Å². The first-order valence-corrected chi connectivity index (χ1v) is 7.50. The van der Waals surface area contributed by atoms with E-state index < -0.39 is 14.8 Å². The molecule has 18 heavy (non-hydrogen) atoms. The number of hydrogen-bond donors (Lipinski definition) is 1. The number of anilines is 1. The lowest BCUT2D eigenvalue weighted by Crippen LogP contribution is -2.21. The fraction of sp³-hybridized carbons (Fsp3) is 0.200. The Morgan fingerprint density at radius 1 is 1.44 bits per heavy atom. The number of nitrogens with one attached hydrogen (secondary N) is 1. The number of nitro groups is 1. The summed E-state index contributed by atoms with van der Waals surface area (Å²) in [4.78, 5) is 10.1. The number of hydrogen-bond acceptors (Lipinski definition) is 5. The van der Waals surface area contributed by atoms with Gasteiger partial charge in [-0.05, 0) is 22.0 Å². The minimum absolute atomic E-state index is 0.00354. The molecule has 2 rings (SSSR count). The third kappa shape index (κ3) is 2.88. The molecule has 1 atom stereocenters. The van der Waals surface area contributed by atoms with Gasteiger partial charge in [0.05, 0.1) is 16.7 Å². The molecule has 0 aromatic heterocycles. The maximum atomic E-state index is 11.2. The highest BCUT2D eigenvalue weighted by atomic mass is 79.9. The molecular weight excluding hydrogens is 324 g/mol. The Labute approximate surface area is 112 Å². The Kier molecular flexibility index (Phi) is 3.40. The van der Waals surface area contributed by atoms with E-state index in [9.17, 15) is 18.5 Å². The molecule has 8 heteroatoms. The Morgan fingerprint density at radius 2 is 2.17 bits per heavy atom. The number of halogens is 1. The fourth-order valence-corrected chi connectivity index (χ4v) is 3.32. The maximum Gasteiger partial charge on any atom is 0.270 e. The molecule has 1 heterocycles. The predicted molar refractivity (Wildman–Crippen MR) is 71.1 cm³/mol. The summed E-state index contributed by atoms with van der Waals surface area (Å²) in [5.74, 6) is -0.00354. The molecule has 1 unspecified atom stereocenters. The topological polar surface area (TPSA) is 89.3 Å². The molecule has 1 aromatic carbocycles. The van der Waals surface area contributed by atoms with Gasteiger partial charge in [-0.3, -0.25) is 10.1 Å². The molecule has 1 N–H and O–H groups in total. The van der Waals surface area contributed by atoms with Crippen LogP contribution in [0.4, 0.5) is 11.4 Å². The van der Waals surface area contributed by atoms with Crippen LogP contribution in [0.1, 0.15) is 0 Å². The zero-order valence-electron chi connectivity index (χ0n) is 9.04. The minimum atomic E-state index is -3.12. The molecule has 0 bridgehead atoms. The lowest BCUT2D eigenvalue weighted by atomic mass is 10.2. The molecule has 0 fully saturated rings. The van der Waals surface area contributed by atoms with Gasteiger partial charge in [0, 0.05) is 27.7 Å². The normalized spacial score (nSPS) is 20.8. The highest BCUT2D eigenvalue weighted by Gasteiger charge is 2.22. The molecule has 0 amide bonds. The first kappa shape index (κ1) is 13.0. The van der Waals surface area contributed by atoms with Crippen molar-refractivity contribution < 1.29 is 13.3 Å². The smallest absolute Gasteiger partial charge is 0.270 e. The predicted octanol–water partition coefficient (Wildman–Crippen LogP) is 2.08. The Balaban J connectivity index is 2.16. The molecular formula is C10H9BrN2O4S. The third-order valence-corrected chi connectivity index (χ3v) is 4.49. The van der Waals surface area contributed by atoms with Gasteiger partial charge in [-0.25, -0.2) is 8.42 Å². The largest absolute Gasteiger partial charge is 0.377 e. The standard InChI is InChI=1S/C10H9BrN2O4S/c11-9-5-8(13(14)15)1-2-10(9)12-7-3-4-18(16,17)6-7/h1-5,7,12H,6H2. The van der Waals surface area contributed by atoms with E-state index in [1.54, 1.807) is 12.1 Å². The van der Waals surface area contributed by atoms with Gasteiger partial charge in [-0.2, -0.15) is 0 Å². The molecule has 96 valence electrons. The van der Waals surface area contributed by atoms with Crippen LogP contribution in [0.25, 0.3) is 0 Å². The summed E-state index contributed by atoms with van der Waals surface area (Å²) in [6, 6.07) is 3.96. The van der Waals surface area contributed by atoms with E-state index >= 15 is 0 Å². The molecule has 0 saturated carbocycles. The van der Waals surface area contributed by atoms with Gasteiger partial charge >= 0.3 is 0 Å². The maximum absolute atomic E-state index is 11.2. The number of benzene rings is 1. The molecule has 1 aliphatic heterocycles. The van der Waals surface area contributed by atoms with Gasteiger partial charge in [-0.15, -0.1) is 0 Å². The third-order valence-electron chi connectivity index (χ3n) is 2.43. The SMILES string of the molecule is O=[N+]([O-])c1ccc(NC2C=CS(=O)(=O)C2)c(Br)c1. The summed E-state index contributed by atoms with van der Waals surface area (Å²) < 4.78 is 23.0. The molecule has 0 radical (unpaired) electrons. The summed E-state index contributed by atoms with van der Waals surface area (Å²) in [6.45, 7) is 0. The van der Waals surface area contributed by atoms with E-state index in [1.807, 2.05) is 0 Å². The highest BCUT2D eigenvalue weighted by Crippen LogP contribution is 2.28. The first-order chi connectivity index (χ1) is 8.37. The van der Waals surface area contributed by atoms with Crippen LogP contribution in [0.2, 0.25) is 0 Å². The Bertz CT molecular complexity index is 627. The average molecular weight is 333 g/mol. The van der Waals surface area contributed by atoms with E-state index in [0.29, 0.717) is 10.2 Å². The second kappa shape index (κ2) is 4.69. The lowest BCUT2D eigenvalue weighted by molar-refractivity contribution is -0.384. The van der Waals surface area contributed by atoms with Crippen molar-refractivity contribution in [1.82, 2.24) is 0 Å². The van der Waals surface area contributed by atoms with E-state index in [-0.39, 0.29) is 17.5 Å². The molecule has 1 aromatic rings. The lowest BCUT2D eigenvalue weighted by Gasteiger charge is -2.12. The van der Waals surface area contributed by atoms with Crippen LogP contribution in [0.5, 0.6) is 0 Å². The highest BCUT2D eigenvalue weighted by molar-refractivity contribution is 9.10. The summed E-state index contributed by atoms with van der Waals surface area (Å²) in [5, 5.41) is 14.7. The summed E-state index contributed by atoms with van der Waals surface area (Å²) >= 11 is 3.21. The second-order valence-corrected chi connectivity index (χ2v) is 6.62. The monoisotopic (exact) mass is 332 g/mol. The Hall–Kier alpha value is -1.41. The van der Waals surface area contributed by atoms with Crippen LogP contribution in [0.3, 0.4) is 0 Å². The van der Waals surface area contributed by atoms with Crippen molar-refractivity contribution >= 4 is 37.1 Å². The van der Waals surface area contributed by atoms with Crippen molar-refractivity contribution in [2.45, 2.75) is 6.04 Å². The fourth-order valence-electron chi connectivity index (χ4n) is 1.60. The Morgan fingerprint density at radius 3 is 2.67 bits per heavy atom. The summed E-state index contributed by atoms with van der Waals surface area (Å²) in [5.41, 5.74) is 0.592. The molecule has 6 nitrogen and oxygen atoms in total. The summed E-state index contributed by atoms with van der Waals surface area (Å²) in [7, 11) is -3.12. The minimum Gasteiger partial charge on any atom is -0.377 e. The van der Waals surface area contributed by atoms with Gasteiger partial charge < -0.3 is 5.32 Å². The number of sulfone groups is 1. The van der Waals surface area contributed by atoms with Gasteiger partial charge in [0.2, 0.25) is 0 Å². The molecule has 0 aliphatic carbocycles. The van der Waals surface area contributed by atoms with Gasteiger partial charge in [0.15, 0.2) is 9.84 Å². The second-order valence-electron chi connectivity index (χ2n) is 3.83. The van der Waals surface area contributed by atoms with Crippen molar-refractivity contribution in [3.05, 3.63) is 44.3 Å². The number of non-ortho nitro benzene ring substituents is 1. The van der Waals surface area contributed by atoms with Crippen molar-refractivity contribution in [1.29, 1.82) is 0 Å². The van der Waals surface area contributed by atoms with Crippen molar-refractivity contribution in [3.63, 3.8) is 0 Å². The van der Waals surface area contributed by atoms with Crippen LogP contribution < -0.4 is 5.32 Å². The van der Waals surface area contributed by atoms with E-state index in [0.717, 1.165) is 0 Å². The van der Waals surface area contributed by atoms with Gasteiger partial charge in [0.25, 0.3) is 5.69 Å². The number of rotatable bonds is 3. The van der Waals surface area contributed by atoms with Gasteiger partial charge in [0.1, 0.15) is 0 Å². The molecule has 0 saturated heterocycles. The van der Waals surface area contributed by atoms with Crippen LogP contribution in [-0.2, 0) is 9.84 Å². The van der Waals surface area contributed by atoms with Crippen LogP contribution in [0.15, 0.2) is 34.2 Å². The van der Waals surface area contributed by atoms with E-state index in [4.69, 9.17) is 0 Å².